The molecule has 0 spiro atoms. The SMILES string of the molecule is CCCC[C@@H](Nc1nc(N)nc2cccnc12)C(C)O. The van der Waals surface area contributed by atoms with Crippen molar-refractivity contribution in [3.63, 3.8) is 0 Å². The molecule has 2 aromatic rings. The number of aromatic nitrogens is 3. The summed E-state index contributed by atoms with van der Waals surface area (Å²) in [6.07, 6.45) is 4.20. The van der Waals surface area contributed by atoms with Crippen LogP contribution in [0.25, 0.3) is 11.0 Å². The number of nitrogens with one attached hydrogen (secondary N) is 1. The molecule has 2 rings (SSSR count). The Morgan fingerprint density at radius 1 is 1.40 bits per heavy atom. The van der Waals surface area contributed by atoms with Crippen LogP contribution < -0.4 is 11.1 Å². The molecule has 2 atom stereocenters. The molecule has 0 radical (unpaired) electrons. The third-order valence-electron chi connectivity index (χ3n) is 3.25. The van der Waals surface area contributed by atoms with Gasteiger partial charge in [-0.3, -0.25) is 4.98 Å². The molecule has 0 aromatic carbocycles. The Balaban J connectivity index is 2.31. The van der Waals surface area contributed by atoms with E-state index >= 15 is 0 Å². The number of hydrogen-bond acceptors (Lipinski definition) is 6. The van der Waals surface area contributed by atoms with Crippen molar-refractivity contribution in [1.82, 2.24) is 15.0 Å². The lowest BCUT2D eigenvalue weighted by atomic mass is 10.1. The van der Waals surface area contributed by atoms with Crippen LogP contribution in [0.3, 0.4) is 0 Å². The van der Waals surface area contributed by atoms with Crippen molar-refractivity contribution >= 4 is 22.8 Å². The van der Waals surface area contributed by atoms with Gasteiger partial charge in [0.2, 0.25) is 5.95 Å². The molecule has 0 amide bonds. The van der Waals surface area contributed by atoms with E-state index in [9.17, 15) is 5.11 Å². The zero-order chi connectivity index (χ0) is 14.5. The highest BCUT2D eigenvalue weighted by Gasteiger charge is 2.17. The van der Waals surface area contributed by atoms with Gasteiger partial charge in [0.1, 0.15) is 5.52 Å². The predicted molar refractivity (Wildman–Crippen MR) is 80.4 cm³/mol. The minimum Gasteiger partial charge on any atom is -0.391 e. The summed E-state index contributed by atoms with van der Waals surface area (Å²) in [6, 6.07) is 3.57. The van der Waals surface area contributed by atoms with E-state index in [1.54, 1.807) is 13.1 Å². The Hall–Kier alpha value is -1.95. The highest BCUT2D eigenvalue weighted by atomic mass is 16.3. The molecule has 0 aliphatic rings. The monoisotopic (exact) mass is 275 g/mol. The molecule has 2 aromatic heterocycles. The van der Waals surface area contributed by atoms with Gasteiger partial charge in [-0.1, -0.05) is 19.8 Å². The van der Waals surface area contributed by atoms with Gasteiger partial charge in [0, 0.05) is 6.20 Å². The van der Waals surface area contributed by atoms with Crippen LogP contribution in [-0.2, 0) is 0 Å². The number of aliphatic hydroxyl groups is 1. The van der Waals surface area contributed by atoms with Crippen molar-refractivity contribution < 1.29 is 5.11 Å². The van der Waals surface area contributed by atoms with Crippen LogP contribution in [0.1, 0.15) is 33.1 Å². The Kier molecular flexibility index (Phi) is 4.68. The van der Waals surface area contributed by atoms with Gasteiger partial charge in [-0.05, 0) is 25.5 Å². The Labute approximate surface area is 118 Å². The second-order valence-electron chi connectivity index (χ2n) is 4.94. The number of fused-ring (bicyclic) bond motifs is 1. The molecule has 4 N–H and O–H groups in total. The number of pyridine rings is 1. The first-order valence-electron chi connectivity index (χ1n) is 6.94. The van der Waals surface area contributed by atoms with Gasteiger partial charge in [-0.2, -0.15) is 4.98 Å². The standard InChI is InChI=1S/C14H21N5O/c1-3-4-6-10(9(2)20)17-13-12-11(7-5-8-16-12)18-14(15)19-13/h5,7-10,20H,3-4,6H2,1-2H3,(H3,15,17,18,19)/t9?,10-/m1/s1. The first kappa shape index (κ1) is 14.5. The molecule has 6 nitrogen and oxygen atoms in total. The summed E-state index contributed by atoms with van der Waals surface area (Å²) in [6.45, 7) is 3.90. The van der Waals surface area contributed by atoms with E-state index in [4.69, 9.17) is 5.73 Å². The van der Waals surface area contributed by atoms with Gasteiger partial charge in [0.25, 0.3) is 0 Å². The van der Waals surface area contributed by atoms with Gasteiger partial charge < -0.3 is 16.2 Å². The highest BCUT2D eigenvalue weighted by molar-refractivity contribution is 5.85. The molecule has 108 valence electrons. The fraction of sp³-hybridized carbons (Fsp3) is 0.500. The summed E-state index contributed by atoms with van der Waals surface area (Å²) >= 11 is 0. The minimum absolute atomic E-state index is 0.0746. The van der Waals surface area contributed by atoms with E-state index in [1.165, 1.54) is 0 Å². The van der Waals surface area contributed by atoms with Crippen molar-refractivity contribution in [3.05, 3.63) is 18.3 Å². The van der Waals surface area contributed by atoms with Crippen molar-refractivity contribution in [2.24, 2.45) is 0 Å². The van der Waals surface area contributed by atoms with Gasteiger partial charge in [-0.25, -0.2) is 4.98 Å². The number of anilines is 2. The molecule has 2 heterocycles. The van der Waals surface area contributed by atoms with Crippen LogP contribution in [0.4, 0.5) is 11.8 Å². The second-order valence-corrected chi connectivity index (χ2v) is 4.94. The number of nitrogen functional groups attached to an aromatic ring is 1. The number of aliphatic hydroxyl groups excluding tert-OH is 1. The molecule has 0 saturated carbocycles. The number of hydrogen-bond donors (Lipinski definition) is 3. The topological polar surface area (TPSA) is 97.0 Å². The average molecular weight is 275 g/mol. The quantitative estimate of drug-likeness (QED) is 0.745. The summed E-state index contributed by atoms with van der Waals surface area (Å²) in [5, 5.41) is 13.1. The molecule has 0 aliphatic heterocycles. The lowest BCUT2D eigenvalue weighted by Crippen LogP contribution is -2.32. The number of nitrogens with zero attached hydrogens (tertiary/aromatic N) is 3. The Bertz CT molecular complexity index is 572. The third-order valence-corrected chi connectivity index (χ3v) is 3.25. The molecule has 20 heavy (non-hydrogen) atoms. The first-order chi connectivity index (χ1) is 9.61. The highest BCUT2D eigenvalue weighted by Crippen LogP contribution is 2.21. The minimum atomic E-state index is -0.475. The summed E-state index contributed by atoms with van der Waals surface area (Å²) < 4.78 is 0. The van der Waals surface area contributed by atoms with Gasteiger partial charge in [-0.15, -0.1) is 0 Å². The molecule has 0 aliphatic carbocycles. The van der Waals surface area contributed by atoms with Gasteiger partial charge in [0.15, 0.2) is 5.82 Å². The fourth-order valence-corrected chi connectivity index (χ4v) is 2.12. The molecule has 0 fully saturated rings. The molecule has 0 saturated heterocycles. The van der Waals surface area contributed by atoms with Crippen molar-refractivity contribution in [1.29, 1.82) is 0 Å². The van der Waals surface area contributed by atoms with Crippen LogP contribution in [0.15, 0.2) is 18.3 Å². The Morgan fingerprint density at radius 3 is 2.90 bits per heavy atom. The van der Waals surface area contributed by atoms with Crippen LogP contribution in [-0.4, -0.2) is 32.2 Å². The number of rotatable bonds is 6. The number of nitrogens with two attached hydrogens (primary N) is 1. The lowest BCUT2D eigenvalue weighted by molar-refractivity contribution is 0.166. The lowest BCUT2D eigenvalue weighted by Gasteiger charge is -2.22. The smallest absolute Gasteiger partial charge is 0.222 e. The van der Waals surface area contributed by atoms with Crippen molar-refractivity contribution in [2.45, 2.75) is 45.3 Å². The predicted octanol–water partition coefficient (Wildman–Crippen LogP) is 1.96. The maximum Gasteiger partial charge on any atom is 0.222 e. The average Bonchev–Trinajstić information content (AvgIpc) is 2.42. The largest absolute Gasteiger partial charge is 0.391 e. The van der Waals surface area contributed by atoms with E-state index in [0.29, 0.717) is 16.9 Å². The fourth-order valence-electron chi connectivity index (χ4n) is 2.12. The van der Waals surface area contributed by atoms with Gasteiger partial charge >= 0.3 is 0 Å². The molecule has 6 heteroatoms. The van der Waals surface area contributed by atoms with Crippen molar-refractivity contribution in [3.8, 4) is 0 Å². The summed E-state index contributed by atoms with van der Waals surface area (Å²) in [5.41, 5.74) is 7.09. The molecule has 0 bridgehead atoms. The Morgan fingerprint density at radius 2 is 2.20 bits per heavy atom. The van der Waals surface area contributed by atoms with E-state index in [2.05, 4.69) is 27.2 Å². The van der Waals surface area contributed by atoms with E-state index in [-0.39, 0.29) is 12.0 Å². The van der Waals surface area contributed by atoms with Crippen molar-refractivity contribution in [2.75, 3.05) is 11.1 Å². The normalized spacial score (nSPS) is 14.2. The van der Waals surface area contributed by atoms with Crippen LogP contribution in [0, 0.1) is 0 Å². The molecular formula is C14H21N5O. The second kappa shape index (κ2) is 6.47. The third kappa shape index (κ3) is 3.33. The van der Waals surface area contributed by atoms with Gasteiger partial charge in [0.05, 0.1) is 17.7 Å². The van der Waals surface area contributed by atoms with E-state index < -0.39 is 6.10 Å². The maximum absolute atomic E-state index is 9.88. The zero-order valence-corrected chi connectivity index (χ0v) is 11.9. The molecule has 1 unspecified atom stereocenters. The van der Waals surface area contributed by atoms with Crippen LogP contribution in [0.2, 0.25) is 0 Å². The van der Waals surface area contributed by atoms with Crippen LogP contribution >= 0.6 is 0 Å². The summed E-state index contributed by atoms with van der Waals surface area (Å²) in [7, 11) is 0. The maximum atomic E-state index is 9.88. The summed E-state index contributed by atoms with van der Waals surface area (Å²) in [4.78, 5) is 12.7. The number of unbranched alkanes of at least 4 members (excludes halogenated alkanes) is 1. The van der Waals surface area contributed by atoms with Crippen LogP contribution in [0.5, 0.6) is 0 Å². The zero-order valence-electron chi connectivity index (χ0n) is 11.9. The molecular weight excluding hydrogens is 254 g/mol. The van der Waals surface area contributed by atoms with E-state index in [1.807, 2.05) is 12.1 Å². The summed E-state index contributed by atoms with van der Waals surface area (Å²) in [5.74, 6) is 0.780. The first-order valence-corrected chi connectivity index (χ1v) is 6.94. The van der Waals surface area contributed by atoms with E-state index in [0.717, 1.165) is 19.3 Å².